The summed E-state index contributed by atoms with van der Waals surface area (Å²) < 4.78 is 5.30. The molecule has 5 heteroatoms. The average molecular weight is 278 g/mol. The minimum absolute atomic E-state index is 0.00906. The van der Waals surface area contributed by atoms with Crippen LogP contribution in [0.3, 0.4) is 0 Å². The molecule has 0 heterocycles. The first-order valence-corrected chi connectivity index (χ1v) is 6.79. The third kappa shape index (κ3) is 7.41. The molecule has 0 spiro atoms. The number of rotatable bonds is 8. The topological polar surface area (TPSA) is 67.4 Å². The smallest absolute Gasteiger partial charge is 0.258 e. The van der Waals surface area contributed by atoms with Crippen molar-refractivity contribution in [3.8, 4) is 5.75 Å². The molecule has 1 aromatic carbocycles. The van der Waals surface area contributed by atoms with Gasteiger partial charge in [0, 0.05) is 19.5 Å². The number of ether oxygens (including phenoxy) is 1. The van der Waals surface area contributed by atoms with Gasteiger partial charge in [0.25, 0.3) is 5.91 Å². The Hall–Kier alpha value is -2.04. The Morgan fingerprint density at radius 1 is 1.05 bits per heavy atom. The SMILES string of the molecule is CC(C)CC(=O)NCCNC(=O)COc1ccccc1. The maximum atomic E-state index is 11.5. The molecule has 2 N–H and O–H groups in total. The molecule has 0 unspecified atom stereocenters. The van der Waals surface area contributed by atoms with Gasteiger partial charge in [-0.3, -0.25) is 9.59 Å². The number of amides is 2. The van der Waals surface area contributed by atoms with Gasteiger partial charge in [-0.1, -0.05) is 32.0 Å². The number of hydrogen-bond donors (Lipinski definition) is 2. The summed E-state index contributed by atoms with van der Waals surface area (Å²) in [5, 5.41) is 5.43. The highest BCUT2D eigenvalue weighted by atomic mass is 16.5. The monoisotopic (exact) mass is 278 g/mol. The molecule has 0 fully saturated rings. The highest BCUT2D eigenvalue weighted by Crippen LogP contribution is 2.07. The third-order valence-electron chi connectivity index (χ3n) is 2.48. The van der Waals surface area contributed by atoms with E-state index in [0.29, 0.717) is 31.2 Å². The van der Waals surface area contributed by atoms with Crippen LogP contribution >= 0.6 is 0 Å². The standard InChI is InChI=1S/C15H22N2O3/c1-12(2)10-14(18)16-8-9-17-15(19)11-20-13-6-4-3-5-7-13/h3-7,12H,8-11H2,1-2H3,(H,16,18)(H,17,19). The van der Waals surface area contributed by atoms with Crippen molar-refractivity contribution in [3.63, 3.8) is 0 Å². The van der Waals surface area contributed by atoms with Crippen LogP contribution in [0.5, 0.6) is 5.75 Å². The molecule has 1 aromatic rings. The maximum absolute atomic E-state index is 11.5. The fourth-order valence-electron chi connectivity index (χ4n) is 1.56. The first-order valence-electron chi connectivity index (χ1n) is 6.79. The molecule has 110 valence electrons. The molecular formula is C15H22N2O3. The summed E-state index contributed by atoms with van der Waals surface area (Å²) >= 11 is 0. The largest absolute Gasteiger partial charge is 0.484 e. The van der Waals surface area contributed by atoms with Crippen molar-refractivity contribution in [1.82, 2.24) is 10.6 Å². The number of carbonyl (C=O) groups excluding carboxylic acids is 2. The van der Waals surface area contributed by atoms with Crippen LogP contribution < -0.4 is 15.4 Å². The lowest BCUT2D eigenvalue weighted by Crippen LogP contribution is -2.37. The Kier molecular flexibility index (Phi) is 7.17. The predicted octanol–water partition coefficient (Wildman–Crippen LogP) is 1.34. The van der Waals surface area contributed by atoms with Crippen LogP contribution in [0.1, 0.15) is 20.3 Å². The molecule has 0 radical (unpaired) electrons. The molecule has 0 atom stereocenters. The second-order valence-electron chi connectivity index (χ2n) is 4.90. The summed E-state index contributed by atoms with van der Waals surface area (Å²) in [6.07, 6.45) is 0.505. The van der Waals surface area contributed by atoms with Gasteiger partial charge in [0.2, 0.25) is 5.91 Å². The lowest BCUT2D eigenvalue weighted by Gasteiger charge is -2.09. The van der Waals surface area contributed by atoms with Crippen molar-refractivity contribution in [1.29, 1.82) is 0 Å². The fourth-order valence-corrected chi connectivity index (χ4v) is 1.56. The van der Waals surface area contributed by atoms with Crippen molar-refractivity contribution in [2.75, 3.05) is 19.7 Å². The number of para-hydroxylation sites is 1. The van der Waals surface area contributed by atoms with Crippen LogP contribution in [0.25, 0.3) is 0 Å². The molecule has 1 rings (SSSR count). The second-order valence-corrected chi connectivity index (χ2v) is 4.90. The molecule has 0 aliphatic heterocycles. The van der Waals surface area contributed by atoms with Gasteiger partial charge in [0.05, 0.1) is 0 Å². The summed E-state index contributed by atoms with van der Waals surface area (Å²) in [5.74, 6) is 0.804. The van der Waals surface area contributed by atoms with Gasteiger partial charge in [-0.05, 0) is 18.1 Å². The van der Waals surface area contributed by atoms with Gasteiger partial charge in [-0.15, -0.1) is 0 Å². The summed E-state index contributed by atoms with van der Waals surface area (Å²) in [7, 11) is 0. The molecule has 20 heavy (non-hydrogen) atoms. The van der Waals surface area contributed by atoms with E-state index in [1.54, 1.807) is 12.1 Å². The van der Waals surface area contributed by atoms with Crippen molar-refractivity contribution in [2.45, 2.75) is 20.3 Å². The number of benzene rings is 1. The Bertz CT molecular complexity index is 418. The quantitative estimate of drug-likeness (QED) is 0.705. The summed E-state index contributed by atoms with van der Waals surface area (Å²) in [4.78, 5) is 22.9. The van der Waals surface area contributed by atoms with E-state index in [4.69, 9.17) is 4.74 Å². The molecule has 0 saturated heterocycles. The average Bonchev–Trinajstić information content (AvgIpc) is 2.42. The molecular weight excluding hydrogens is 256 g/mol. The van der Waals surface area contributed by atoms with Gasteiger partial charge in [0.15, 0.2) is 6.61 Å². The van der Waals surface area contributed by atoms with E-state index in [1.165, 1.54) is 0 Å². The maximum Gasteiger partial charge on any atom is 0.258 e. The molecule has 0 aliphatic rings. The molecule has 0 saturated carbocycles. The van der Waals surface area contributed by atoms with E-state index in [0.717, 1.165) is 0 Å². The zero-order valence-electron chi connectivity index (χ0n) is 12.0. The Morgan fingerprint density at radius 3 is 2.25 bits per heavy atom. The van der Waals surface area contributed by atoms with E-state index in [1.807, 2.05) is 32.0 Å². The second kappa shape index (κ2) is 8.96. The third-order valence-corrected chi connectivity index (χ3v) is 2.48. The van der Waals surface area contributed by atoms with Crippen molar-refractivity contribution in [3.05, 3.63) is 30.3 Å². The number of nitrogens with one attached hydrogen (secondary N) is 2. The molecule has 2 amide bonds. The summed E-state index contributed by atoms with van der Waals surface area (Å²) in [5.41, 5.74) is 0. The van der Waals surface area contributed by atoms with Crippen LogP contribution in [-0.4, -0.2) is 31.5 Å². The normalized spacial score (nSPS) is 10.2. The van der Waals surface area contributed by atoms with Crippen molar-refractivity contribution < 1.29 is 14.3 Å². The molecule has 0 bridgehead atoms. The number of hydrogen-bond acceptors (Lipinski definition) is 3. The van der Waals surface area contributed by atoms with Gasteiger partial charge in [-0.2, -0.15) is 0 Å². The van der Waals surface area contributed by atoms with Gasteiger partial charge < -0.3 is 15.4 Å². The van der Waals surface area contributed by atoms with E-state index >= 15 is 0 Å². The Balaban J connectivity index is 2.07. The minimum Gasteiger partial charge on any atom is -0.484 e. The first-order chi connectivity index (χ1) is 9.58. The zero-order chi connectivity index (χ0) is 14.8. The van der Waals surface area contributed by atoms with Gasteiger partial charge >= 0.3 is 0 Å². The summed E-state index contributed by atoms with van der Waals surface area (Å²) in [6, 6.07) is 9.15. The Morgan fingerprint density at radius 2 is 1.65 bits per heavy atom. The highest BCUT2D eigenvalue weighted by Gasteiger charge is 2.05. The van der Waals surface area contributed by atoms with Crippen LogP contribution in [0.2, 0.25) is 0 Å². The summed E-state index contributed by atoms with van der Waals surface area (Å²) in [6.45, 7) is 4.79. The first kappa shape index (κ1) is 16.0. The predicted molar refractivity (Wildman–Crippen MR) is 77.4 cm³/mol. The van der Waals surface area contributed by atoms with Crippen LogP contribution in [0.4, 0.5) is 0 Å². The highest BCUT2D eigenvalue weighted by molar-refractivity contribution is 5.78. The lowest BCUT2D eigenvalue weighted by molar-refractivity contribution is -0.124. The molecule has 5 nitrogen and oxygen atoms in total. The Labute approximate surface area is 119 Å². The molecule has 0 aromatic heterocycles. The van der Waals surface area contributed by atoms with E-state index < -0.39 is 0 Å². The fraction of sp³-hybridized carbons (Fsp3) is 0.467. The van der Waals surface area contributed by atoms with Crippen LogP contribution in [-0.2, 0) is 9.59 Å². The van der Waals surface area contributed by atoms with Crippen LogP contribution in [0, 0.1) is 5.92 Å². The minimum atomic E-state index is -0.202. The van der Waals surface area contributed by atoms with E-state index in [2.05, 4.69) is 10.6 Å². The number of carbonyl (C=O) groups is 2. The van der Waals surface area contributed by atoms with Crippen molar-refractivity contribution >= 4 is 11.8 Å². The molecule has 0 aliphatic carbocycles. The van der Waals surface area contributed by atoms with Crippen LogP contribution in [0.15, 0.2) is 30.3 Å². The zero-order valence-corrected chi connectivity index (χ0v) is 12.0. The van der Waals surface area contributed by atoms with Gasteiger partial charge in [-0.25, -0.2) is 0 Å². The van der Waals surface area contributed by atoms with Gasteiger partial charge in [0.1, 0.15) is 5.75 Å². The lowest BCUT2D eigenvalue weighted by atomic mass is 10.1. The van der Waals surface area contributed by atoms with E-state index in [9.17, 15) is 9.59 Å². The van der Waals surface area contributed by atoms with Crippen molar-refractivity contribution in [2.24, 2.45) is 5.92 Å². The van der Waals surface area contributed by atoms with E-state index in [-0.39, 0.29) is 18.4 Å².